The second-order valence-corrected chi connectivity index (χ2v) is 3.38. The van der Waals surface area contributed by atoms with Crippen molar-refractivity contribution in [2.24, 2.45) is 0 Å². The van der Waals surface area contributed by atoms with Crippen LogP contribution in [0.2, 0.25) is 0 Å². The van der Waals surface area contributed by atoms with E-state index in [1.165, 1.54) is 19.4 Å². The van der Waals surface area contributed by atoms with Crippen LogP contribution in [-0.2, 0) is 4.74 Å². The van der Waals surface area contributed by atoms with E-state index in [4.69, 9.17) is 0 Å². The van der Waals surface area contributed by atoms with Gasteiger partial charge in [0.05, 0.1) is 12.8 Å². The Balaban J connectivity index is 2.51. The third-order valence-corrected chi connectivity index (χ3v) is 2.23. The Hall–Kier alpha value is -2.37. The molecule has 0 spiro atoms. The van der Waals surface area contributed by atoms with E-state index in [0.717, 1.165) is 18.2 Å². The number of hydrogen-bond donors (Lipinski definition) is 0. The molecule has 1 aromatic heterocycles. The number of carbonyl (C=O) groups excluding carboxylic acids is 1. The third kappa shape index (κ3) is 2.32. The minimum Gasteiger partial charge on any atom is -0.463 e. The summed E-state index contributed by atoms with van der Waals surface area (Å²) in [5, 5.41) is 0. The smallest absolute Gasteiger partial charge is 0.376 e. The summed E-state index contributed by atoms with van der Waals surface area (Å²) in [6.07, 6.45) is 1.28. The van der Waals surface area contributed by atoms with E-state index in [1.807, 2.05) is 0 Å². The van der Waals surface area contributed by atoms with Gasteiger partial charge in [-0.3, -0.25) is 0 Å². The summed E-state index contributed by atoms with van der Waals surface area (Å²) in [5.74, 6) is -2.18. The maximum absolute atomic E-state index is 13.5. The third-order valence-electron chi connectivity index (χ3n) is 2.23. The summed E-state index contributed by atoms with van der Waals surface area (Å²) >= 11 is 0. The number of rotatable bonds is 2. The zero-order valence-electron chi connectivity index (χ0n) is 9.35. The summed E-state index contributed by atoms with van der Waals surface area (Å²) < 4.78 is 31.0. The van der Waals surface area contributed by atoms with Crippen molar-refractivity contribution in [3.05, 3.63) is 47.9 Å². The van der Waals surface area contributed by atoms with E-state index in [0.29, 0.717) is 0 Å². The van der Waals surface area contributed by atoms with Gasteiger partial charge in [0, 0.05) is 11.8 Å². The van der Waals surface area contributed by atoms with Crippen LogP contribution in [0.25, 0.3) is 11.3 Å². The molecule has 18 heavy (non-hydrogen) atoms. The fraction of sp³-hybridized carbons (Fsp3) is 0.0833. The second-order valence-electron chi connectivity index (χ2n) is 3.38. The molecule has 0 aliphatic heterocycles. The van der Waals surface area contributed by atoms with Crippen LogP contribution in [0.5, 0.6) is 0 Å². The fourth-order valence-electron chi connectivity index (χ4n) is 1.39. The Morgan fingerprint density at radius 2 is 2.06 bits per heavy atom. The summed E-state index contributed by atoms with van der Waals surface area (Å²) in [6.45, 7) is 0. The van der Waals surface area contributed by atoms with Crippen LogP contribution < -0.4 is 0 Å². The number of benzene rings is 1. The Morgan fingerprint density at radius 1 is 1.28 bits per heavy atom. The first-order valence-corrected chi connectivity index (χ1v) is 4.98. The lowest BCUT2D eigenvalue weighted by Crippen LogP contribution is -2.07. The van der Waals surface area contributed by atoms with E-state index in [2.05, 4.69) is 14.7 Å². The molecule has 1 aromatic carbocycles. The molecule has 0 saturated carbocycles. The molecule has 92 valence electrons. The predicted molar refractivity (Wildman–Crippen MR) is 58.7 cm³/mol. The molecule has 0 aliphatic carbocycles. The van der Waals surface area contributed by atoms with Crippen LogP contribution in [0.15, 0.2) is 30.5 Å². The van der Waals surface area contributed by atoms with Gasteiger partial charge in [0.1, 0.15) is 11.6 Å². The van der Waals surface area contributed by atoms with Gasteiger partial charge in [-0.1, -0.05) is 0 Å². The highest BCUT2D eigenvalue weighted by Crippen LogP contribution is 2.21. The topological polar surface area (TPSA) is 52.1 Å². The minimum absolute atomic E-state index is 0.0393. The van der Waals surface area contributed by atoms with E-state index >= 15 is 0 Å². The van der Waals surface area contributed by atoms with Crippen molar-refractivity contribution in [2.75, 3.05) is 7.11 Å². The lowest BCUT2D eigenvalue weighted by molar-refractivity contribution is 0.0587. The van der Waals surface area contributed by atoms with Gasteiger partial charge in [-0.15, -0.1) is 0 Å². The standard InChI is InChI=1S/C12H8F2N2O2/c1-18-12(17)11-15-5-4-10(16-11)8-6-7(13)2-3-9(8)14/h2-6H,1H3. The van der Waals surface area contributed by atoms with Gasteiger partial charge in [0.25, 0.3) is 0 Å². The Bertz CT molecular complexity index is 602. The molecular formula is C12H8F2N2O2. The second kappa shape index (κ2) is 4.87. The van der Waals surface area contributed by atoms with Crippen LogP contribution in [-0.4, -0.2) is 23.0 Å². The Labute approximate surface area is 101 Å². The molecule has 0 bridgehead atoms. The van der Waals surface area contributed by atoms with Crippen LogP contribution >= 0.6 is 0 Å². The first-order valence-electron chi connectivity index (χ1n) is 4.98. The number of nitrogens with zero attached hydrogens (tertiary/aromatic N) is 2. The molecule has 4 nitrogen and oxygen atoms in total. The van der Waals surface area contributed by atoms with Crippen LogP contribution in [0.4, 0.5) is 8.78 Å². The molecule has 2 aromatic rings. The van der Waals surface area contributed by atoms with E-state index in [-0.39, 0.29) is 17.1 Å². The first kappa shape index (κ1) is 12.1. The number of ether oxygens (including phenoxy) is 1. The maximum atomic E-state index is 13.5. The summed E-state index contributed by atoms with van der Waals surface area (Å²) in [7, 11) is 1.18. The molecule has 0 saturated heterocycles. The summed E-state index contributed by atoms with van der Waals surface area (Å²) in [5.41, 5.74) is 0.0740. The van der Waals surface area contributed by atoms with Crippen molar-refractivity contribution in [2.45, 2.75) is 0 Å². The normalized spacial score (nSPS) is 10.2. The average molecular weight is 250 g/mol. The van der Waals surface area contributed by atoms with Crippen LogP contribution in [0, 0.1) is 11.6 Å². The van der Waals surface area contributed by atoms with Gasteiger partial charge in [0.15, 0.2) is 0 Å². The zero-order valence-corrected chi connectivity index (χ0v) is 9.35. The number of aromatic nitrogens is 2. The predicted octanol–water partition coefficient (Wildman–Crippen LogP) is 2.21. The highest BCUT2D eigenvalue weighted by atomic mass is 19.1. The molecule has 0 N–H and O–H groups in total. The first-order chi connectivity index (χ1) is 8.61. The largest absolute Gasteiger partial charge is 0.463 e. The van der Waals surface area contributed by atoms with Crippen LogP contribution in [0.3, 0.4) is 0 Å². The van der Waals surface area contributed by atoms with Crippen LogP contribution in [0.1, 0.15) is 10.6 Å². The van der Waals surface area contributed by atoms with Gasteiger partial charge in [0.2, 0.25) is 5.82 Å². The van der Waals surface area contributed by atoms with Crippen molar-refractivity contribution in [3.63, 3.8) is 0 Å². The number of hydrogen-bond acceptors (Lipinski definition) is 4. The van der Waals surface area contributed by atoms with E-state index < -0.39 is 17.6 Å². The highest BCUT2D eigenvalue weighted by molar-refractivity contribution is 5.85. The SMILES string of the molecule is COC(=O)c1nccc(-c2cc(F)ccc2F)n1. The molecule has 0 aliphatic rings. The monoisotopic (exact) mass is 250 g/mol. The maximum Gasteiger partial charge on any atom is 0.376 e. The summed E-state index contributed by atoms with van der Waals surface area (Å²) in [6, 6.07) is 4.37. The van der Waals surface area contributed by atoms with E-state index in [1.54, 1.807) is 0 Å². The Kier molecular flexibility index (Phi) is 3.27. The number of esters is 1. The highest BCUT2D eigenvalue weighted by Gasteiger charge is 2.13. The van der Waals surface area contributed by atoms with Gasteiger partial charge in [-0.25, -0.2) is 23.5 Å². The molecule has 0 unspecified atom stereocenters. The lowest BCUT2D eigenvalue weighted by Gasteiger charge is -2.04. The molecular weight excluding hydrogens is 242 g/mol. The average Bonchev–Trinajstić information content (AvgIpc) is 2.40. The molecule has 0 atom stereocenters. The number of carbonyl (C=O) groups is 1. The minimum atomic E-state index is -0.742. The molecule has 0 fully saturated rings. The van der Waals surface area contributed by atoms with Gasteiger partial charge >= 0.3 is 5.97 Å². The quantitative estimate of drug-likeness (QED) is 0.767. The molecule has 1 heterocycles. The lowest BCUT2D eigenvalue weighted by atomic mass is 10.1. The van der Waals surface area contributed by atoms with Crippen molar-refractivity contribution in [3.8, 4) is 11.3 Å². The molecule has 2 rings (SSSR count). The fourth-order valence-corrected chi connectivity index (χ4v) is 1.39. The summed E-state index contributed by atoms with van der Waals surface area (Å²) in [4.78, 5) is 18.7. The Morgan fingerprint density at radius 3 is 2.78 bits per heavy atom. The molecule has 0 amide bonds. The zero-order chi connectivity index (χ0) is 13.1. The number of halogens is 2. The van der Waals surface area contributed by atoms with Gasteiger partial charge in [-0.2, -0.15) is 0 Å². The van der Waals surface area contributed by atoms with Gasteiger partial charge < -0.3 is 4.74 Å². The van der Waals surface area contributed by atoms with E-state index in [9.17, 15) is 13.6 Å². The van der Waals surface area contributed by atoms with Crippen molar-refractivity contribution in [1.82, 2.24) is 9.97 Å². The molecule has 0 radical (unpaired) electrons. The van der Waals surface area contributed by atoms with Gasteiger partial charge in [-0.05, 0) is 24.3 Å². The molecule has 6 heteroatoms. The van der Waals surface area contributed by atoms with Crippen molar-refractivity contribution < 1.29 is 18.3 Å². The number of methoxy groups -OCH3 is 1. The van der Waals surface area contributed by atoms with Crippen molar-refractivity contribution >= 4 is 5.97 Å². The van der Waals surface area contributed by atoms with Crippen molar-refractivity contribution in [1.29, 1.82) is 0 Å².